The normalized spacial score (nSPS) is 11.8. The summed E-state index contributed by atoms with van der Waals surface area (Å²) in [6.07, 6.45) is 1.42. The fraction of sp³-hybridized carbons (Fsp3) is 0.429. The molecule has 13 heteroatoms. The average molecular weight is 757 g/mol. The third-order valence-electron chi connectivity index (χ3n) is 8.42. The number of hydrogen-bond donors (Lipinski definition) is 6. The first-order valence-corrected chi connectivity index (χ1v) is 18.5. The van der Waals surface area contributed by atoms with E-state index in [1.54, 1.807) is 61.6 Å². The molecule has 0 heterocycles. The van der Waals surface area contributed by atoms with Crippen LogP contribution in [0, 0.1) is 10.8 Å². The lowest BCUT2D eigenvalue weighted by Crippen LogP contribution is -2.45. The number of carbonyl (C=O) groups is 6. The number of amides is 6. The number of nitrogens with one attached hydrogen (secondary N) is 6. The minimum atomic E-state index is -0.642. The van der Waals surface area contributed by atoms with Crippen molar-refractivity contribution < 1.29 is 33.5 Å². The Hall–Kier alpha value is -5.72. The molecule has 13 nitrogen and oxygen atoms in total. The molecular weight excluding hydrogens is 700 g/mol. The third-order valence-corrected chi connectivity index (χ3v) is 8.42. The van der Waals surface area contributed by atoms with Crippen molar-refractivity contribution in [2.75, 3.05) is 32.1 Å². The molecule has 0 radical (unpaired) electrons. The predicted octanol–water partition coefficient (Wildman–Crippen LogP) is 4.52. The van der Waals surface area contributed by atoms with Crippen LogP contribution in [0.5, 0.6) is 5.75 Å². The Balaban J connectivity index is 1.32. The molecule has 0 aliphatic rings. The minimum absolute atomic E-state index is 0.148. The highest BCUT2D eigenvalue weighted by atomic mass is 16.5. The van der Waals surface area contributed by atoms with Crippen LogP contribution in [0.3, 0.4) is 0 Å². The van der Waals surface area contributed by atoms with Crippen molar-refractivity contribution in [2.45, 2.75) is 79.8 Å². The fourth-order valence-electron chi connectivity index (χ4n) is 5.77. The van der Waals surface area contributed by atoms with Gasteiger partial charge >= 0.3 is 0 Å². The van der Waals surface area contributed by atoms with Gasteiger partial charge in [-0.3, -0.25) is 28.8 Å². The summed E-state index contributed by atoms with van der Waals surface area (Å²) in [5.41, 5.74) is 2.65. The van der Waals surface area contributed by atoms with Gasteiger partial charge in [-0.25, -0.2) is 0 Å². The van der Waals surface area contributed by atoms with E-state index in [0.717, 1.165) is 11.1 Å². The van der Waals surface area contributed by atoms with Crippen LogP contribution in [0.25, 0.3) is 0 Å². The van der Waals surface area contributed by atoms with E-state index in [0.29, 0.717) is 42.0 Å². The molecule has 296 valence electrons. The quantitative estimate of drug-likeness (QED) is 0.0973. The van der Waals surface area contributed by atoms with Crippen LogP contribution in [0.2, 0.25) is 0 Å². The summed E-state index contributed by atoms with van der Waals surface area (Å²) < 4.78 is 5.72. The van der Waals surface area contributed by atoms with Gasteiger partial charge in [0.25, 0.3) is 11.8 Å². The first-order valence-electron chi connectivity index (χ1n) is 18.5. The molecular formula is C42H56N6O7. The van der Waals surface area contributed by atoms with Crippen LogP contribution in [0.4, 0.5) is 5.69 Å². The van der Waals surface area contributed by atoms with Crippen molar-refractivity contribution >= 4 is 41.1 Å². The van der Waals surface area contributed by atoms with E-state index >= 15 is 0 Å². The Kier molecular flexibility index (Phi) is 16.4. The lowest BCUT2D eigenvalue weighted by molar-refractivity contribution is -0.126. The first kappa shape index (κ1) is 43.7. The van der Waals surface area contributed by atoms with Gasteiger partial charge in [0.2, 0.25) is 23.6 Å². The summed E-state index contributed by atoms with van der Waals surface area (Å²) in [5, 5.41) is 16.8. The zero-order valence-electron chi connectivity index (χ0n) is 33.0. The summed E-state index contributed by atoms with van der Waals surface area (Å²) in [7, 11) is 1.56. The summed E-state index contributed by atoms with van der Waals surface area (Å²) >= 11 is 0. The predicted molar refractivity (Wildman–Crippen MR) is 212 cm³/mol. The van der Waals surface area contributed by atoms with Crippen LogP contribution in [-0.2, 0) is 32.1 Å². The van der Waals surface area contributed by atoms with Crippen molar-refractivity contribution in [3.05, 3.63) is 95.1 Å². The molecule has 3 aromatic rings. The molecule has 0 bridgehead atoms. The molecule has 0 saturated carbocycles. The lowest BCUT2D eigenvalue weighted by atomic mass is 9.85. The fourth-order valence-corrected chi connectivity index (χ4v) is 5.77. The summed E-state index contributed by atoms with van der Waals surface area (Å²) in [4.78, 5) is 74.2. The standard InChI is InChI=1S/C42H56N6O7/c1-28(49)47-35(24-41(2,3)4)40(54)48-33-15-11-29(12-16-33)19-20-44-36(50)25-42(5,6)26-37(51)45-21-22-55-34-17-13-31(14-18-34)39(53)46-27-30-9-8-10-32(23-30)38(52)43-7/h8-18,23,35H,19-22,24-27H2,1-7H3,(H,43,52)(H,44,50)(H,45,51)(H,46,53)(H,47,49)(H,48,54)/t35-/m0/s1. The van der Waals surface area contributed by atoms with Gasteiger partial charge < -0.3 is 36.6 Å². The van der Waals surface area contributed by atoms with Gasteiger partial charge in [0.1, 0.15) is 18.4 Å². The minimum Gasteiger partial charge on any atom is -0.492 e. The highest BCUT2D eigenvalue weighted by molar-refractivity contribution is 5.97. The van der Waals surface area contributed by atoms with Crippen LogP contribution in [-0.4, -0.2) is 68.2 Å². The topological polar surface area (TPSA) is 184 Å². The van der Waals surface area contributed by atoms with E-state index in [1.165, 1.54) is 6.92 Å². The Labute approximate surface area is 324 Å². The molecule has 0 saturated heterocycles. The SMILES string of the molecule is CNC(=O)c1cccc(CNC(=O)c2ccc(OCCNC(=O)CC(C)(C)CC(=O)NCCc3ccc(NC(=O)[C@H](CC(C)(C)C)NC(C)=O)cc3)cc2)c1. The van der Waals surface area contributed by atoms with E-state index < -0.39 is 11.5 Å². The van der Waals surface area contributed by atoms with Gasteiger partial charge in [0, 0.05) is 56.7 Å². The smallest absolute Gasteiger partial charge is 0.251 e. The van der Waals surface area contributed by atoms with Crippen LogP contribution >= 0.6 is 0 Å². The second-order valence-corrected chi connectivity index (χ2v) is 15.5. The Morgan fingerprint density at radius 3 is 1.95 bits per heavy atom. The molecule has 3 aromatic carbocycles. The first-order chi connectivity index (χ1) is 25.9. The lowest BCUT2D eigenvalue weighted by Gasteiger charge is -2.25. The van der Waals surface area contributed by atoms with Crippen LogP contribution < -0.4 is 36.6 Å². The molecule has 0 spiro atoms. The highest BCUT2D eigenvalue weighted by Crippen LogP contribution is 2.25. The summed E-state index contributed by atoms with van der Waals surface area (Å²) in [6.45, 7) is 12.3. The zero-order chi connectivity index (χ0) is 40.6. The van der Waals surface area contributed by atoms with Crippen LogP contribution in [0.1, 0.15) is 92.6 Å². The highest BCUT2D eigenvalue weighted by Gasteiger charge is 2.27. The molecule has 1 atom stereocenters. The van der Waals surface area contributed by atoms with Crippen molar-refractivity contribution in [3.8, 4) is 5.75 Å². The van der Waals surface area contributed by atoms with Crippen molar-refractivity contribution in [3.63, 3.8) is 0 Å². The largest absolute Gasteiger partial charge is 0.492 e. The van der Waals surface area contributed by atoms with E-state index in [4.69, 9.17) is 4.74 Å². The number of hydrogen-bond acceptors (Lipinski definition) is 7. The summed E-state index contributed by atoms with van der Waals surface area (Å²) in [5.74, 6) is -0.793. The molecule has 0 aliphatic heterocycles. The number of anilines is 1. The van der Waals surface area contributed by atoms with Crippen molar-refractivity contribution in [1.82, 2.24) is 26.6 Å². The Morgan fingerprint density at radius 2 is 1.35 bits per heavy atom. The van der Waals surface area contributed by atoms with Crippen molar-refractivity contribution in [2.24, 2.45) is 10.8 Å². The van der Waals surface area contributed by atoms with Crippen molar-refractivity contribution in [1.29, 1.82) is 0 Å². The van der Waals surface area contributed by atoms with Gasteiger partial charge in [-0.05, 0) is 83.3 Å². The Bertz CT molecular complexity index is 1780. The van der Waals surface area contributed by atoms with E-state index in [9.17, 15) is 28.8 Å². The average Bonchev–Trinajstić information content (AvgIpc) is 3.11. The molecule has 6 amide bonds. The maximum absolute atomic E-state index is 12.8. The van der Waals surface area contributed by atoms with E-state index in [-0.39, 0.29) is 73.4 Å². The molecule has 3 rings (SSSR count). The maximum atomic E-state index is 12.8. The molecule has 0 aliphatic carbocycles. The molecule has 0 aromatic heterocycles. The van der Waals surface area contributed by atoms with Gasteiger partial charge in [0.05, 0.1) is 6.54 Å². The number of carbonyl (C=O) groups excluding carboxylic acids is 6. The molecule has 6 N–H and O–H groups in total. The maximum Gasteiger partial charge on any atom is 0.251 e. The molecule has 0 unspecified atom stereocenters. The van der Waals surface area contributed by atoms with Gasteiger partial charge in [0.15, 0.2) is 0 Å². The number of rotatable bonds is 19. The van der Waals surface area contributed by atoms with E-state index in [2.05, 4.69) is 31.9 Å². The zero-order valence-corrected chi connectivity index (χ0v) is 33.0. The Morgan fingerprint density at radius 1 is 0.709 bits per heavy atom. The second-order valence-electron chi connectivity index (χ2n) is 15.5. The number of benzene rings is 3. The number of ether oxygens (including phenoxy) is 1. The van der Waals surface area contributed by atoms with Gasteiger partial charge in [-0.15, -0.1) is 0 Å². The molecule has 55 heavy (non-hydrogen) atoms. The third kappa shape index (κ3) is 16.5. The van der Waals surface area contributed by atoms with Gasteiger partial charge in [-0.2, -0.15) is 0 Å². The van der Waals surface area contributed by atoms with Gasteiger partial charge in [-0.1, -0.05) is 58.9 Å². The second kappa shape index (κ2) is 20.7. The molecule has 0 fully saturated rings. The monoisotopic (exact) mass is 756 g/mol. The van der Waals surface area contributed by atoms with Crippen LogP contribution in [0.15, 0.2) is 72.8 Å². The summed E-state index contributed by atoms with van der Waals surface area (Å²) in [6, 6.07) is 20.4. The van der Waals surface area contributed by atoms with E-state index in [1.807, 2.05) is 52.8 Å².